The third-order valence-corrected chi connectivity index (χ3v) is 3.09. The van der Waals surface area contributed by atoms with Crippen LogP contribution in [0, 0.1) is 0 Å². The van der Waals surface area contributed by atoms with Gasteiger partial charge in [0, 0.05) is 30.9 Å². The van der Waals surface area contributed by atoms with E-state index < -0.39 is 10.0 Å². The number of sulfonamides is 1. The number of aromatic nitrogens is 2. The third kappa shape index (κ3) is 4.30. The molecule has 3 N–H and O–H groups in total. The molecule has 16 heavy (non-hydrogen) atoms. The summed E-state index contributed by atoms with van der Waals surface area (Å²) >= 11 is 0. The molecule has 0 radical (unpaired) electrons. The Hall–Kier alpha value is -0.920. The molecule has 7 heteroatoms. The smallest absolute Gasteiger partial charge is 0.210 e. The summed E-state index contributed by atoms with van der Waals surface area (Å²) in [4.78, 5) is 0. The highest BCUT2D eigenvalue weighted by Gasteiger charge is 2.08. The second-order valence-corrected chi connectivity index (χ2v) is 5.41. The highest BCUT2D eigenvalue weighted by atomic mass is 32.2. The molecule has 0 spiro atoms. The van der Waals surface area contributed by atoms with Crippen LogP contribution in [0.1, 0.15) is 25.5 Å². The van der Waals surface area contributed by atoms with E-state index in [2.05, 4.69) is 10.4 Å². The van der Waals surface area contributed by atoms with Crippen molar-refractivity contribution in [3.8, 4) is 0 Å². The number of nitrogens with two attached hydrogens (primary N) is 1. The summed E-state index contributed by atoms with van der Waals surface area (Å²) in [6.07, 6.45) is 3.72. The Kier molecular flexibility index (Phi) is 4.45. The van der Waals surface area contributed by atoms with Gasteiger partial charge in [-0.2, -0.15) is 5.10 Å². The van der Waals surface area contributed by atoms with Crippen LogP contribution in [0.15, 0.2) is 12.4 Å². The fraction of sp³-hybridized carbons (Fsp3) is 0.667. The zero-order chi connectivity index (χ0) is 12.2. The molecular formula is C9H18N4O2S. The molecule has 0 aliphatic heterocycles. The molecule has 0 aromatic carbocycles. The lowest BCUT2D eigenvalue weighted by Crippen LogP contribution is -2.28. The standard InChI is InChI=1S/C9H18N4O2S/c1-3-13-7-9(6-12-13)8(2)11-4-5-16(10,14)15/h6-8,11H,3-5H2,1-2H3,(H2,10,14,15). The van der Waals surface area contributed by atoms with Gasteiger partial charge in [0.25, 0.3) is 0 Å². The van der Waals surface area contributed by atoms with Crippen LogP contribution in [0.4, 0.5) is 0 Å². The first kappa shape index (κ1) is 13.1. The van der Waals surface area contributed by atoms with Crippen LogP contribution in [0.5, 0.6) is 0 Å². The van der Waals surface area contributed by atoms with Crippen LogP contribution in [0.25, 0.3) is 0 Å². The number of nitrogens with one attached hydrogen (secondary N) is 1. The molecule has 0 fully saturated rings. The molecule has 0 amide bonds. The zero-order valence-corrected chi connectivity index (χ0v) is 10.4. The van der Waals surface area contributed by atoms with Gasteiger partial charge in [-0.3, -0.25) is 4.68 Å². The minimum absolute atomic E-state index is 0.0563. The molecule has 0 aliphatic carbocycles. The predicted molar refractivity (Wildman–Crippen MR) is 62.3 cm³/mol. The lowest BCUT2D eigenvalue weighted by Gasteiger charge is -2.10. The monoisotopic (exact) mass is 246 g/mol. The van der Waals surface area contributed by atoms with Crippen LogP contribution >= 0.6 is 0 Å². The summed E-state index contributed by atoms with van der Waals surface area (Å²) in [7, 11) is -3.38. The summed E-state index contributed by atoms with van der Waals surface area (Å²) in [5.74, 6) is -0.0563. The molecule has 1 aromatic heterocycles. The average Bonchev–Trinajstić information content (AvgIpc) is 2.63. The lowest BCUT2D eigenvalue weighted by molar-refractivity contribution is 0.572. The van der Waals surface area contributed by atoms with Gasteiger partial charge in [0.2, 0.25) is 10.0 Å². The summed E-state index contributed by atoms with van der Waals surface area (Å²) in [6.45, 7) is 5.14. The van der Waals surface area contributed by atoms with Crippen LogP contribution in [-0.2, 0) is 16.6 Å². The van der Waals surface area contributed by atoms with E-state index in [9.17, 15) is 8.42 Å². The van der Waals surface area contributed by atoms with Crippen molar-refractivity contribution >= 4 is 10.0 Å². The molecule has 6 nitrogen and oxygen atoms in total. The van der Waals surface area contributed by atoms with Crippen molar-refractivity contribution in [1.29, 1.82) is 0 Å². The number of aryl methyl sites for hydroxylation is 1. The van der Waals surface area contributed by atoms with Crippen molar-refractivity contribution < 1.29 is 8.42 Å². The molecule has 1 heterocycles. The van der Waals surface area contributed by atoms with Gasteiger partial charge >= 0.3 is 0 Å². The van der Waals surface area contributed by atoms with Crippen LogP contribution in [0.2, 0.25) is 0 Å². The van der Waals surface area contributed by atoms with Gasteiger partial charge in [0.1, 0.15) is 0 Å². The van der Waals surface area contributed by atoms with E-state index in [0.717, 1.165) is 12.1 Å². The third-order valence-electron chi connectivity index (χ3n) is 2.31. The van der Waals surface area contributed by atoms with Crippen molar-refractivity contribution in [2.75, 3.05) is 12.3 Å². The fourth-order valence-corrected chi connectivity index (χ4v) is 1.71. The van der Waals surface area contributed by atoms with Gasteiger partial charge in [-0.25, -0.2) is 13.6 Å². The maximum atomic E-state index is 10.7. The Morgan fingerprint density at radius 2 is 2.31 bits per heavy atom. The summed E-state index contributed by atoms with van der Waals surface area (Å²) < 4.78 is 23.3. The normalized spacial score (nSPS) is 13.9. The molecule has 1 atom stereocenters. The van der Waals surface area contributed by atoms with Gasteiger partial charge in [0.15, 0.2) is 0 Å². The second-order valence-electron chi connectivity index (χ2n) is 3.67. The topological polar surface area (TPSA) is 90.0 Å². The minimum atomic E-state index is -3.38. The maximum Gasteiger partial charge on any atom is 0.210 e. The number of nitrogens with zero attached hydrogens (tertiary/aromatic N) is 2. The fourth-order valence-electron chi connectivity index (χ4n) is 1.31. The zero-order valence-electron chi connectivity index (χ0n) is 9.55. The lowest BCUT2D eigenvalue weighted by atomic mass is 10.2. The summed E-state index contributed by atoms with van der Waals surface area (Å²) in [5.41, 5.74) is 1.04. The highest BCUT2D eigenvalue weighted by molar-refractivity contribution is 7.89. The van der Waals surface area contributed by atoms with E-state index in [1.165, 1.54) is 0 Å². The van der Waals surface area contributed by atoms with Crippen LogP contribution < -0.4 is 10.5 Å². The molecule has 1 aromatic rings. The molecule has 0 saturated heterocycles. The van der Waals surface area contributed by atoms with E-state index in [1.807, 2.05) is 24.7 Å². The molecular weight excluding hydrogens is 228 g/mol. The molecule has 1 unspecified atom stereocenters. The van der Waals surface area contributed by atoms with Crippen LogP contribution in [-0.4, -0.2) is 30.5 Å². The van der Waals surface area contributed by atoms with Crippen molar-refractivity contribution in [2.24, 2.45) is 5.14 Å². The number of rotatable bonds is 6. The van der Waals surface area contributed by atoms with Gasteiger partial charge in [-0.05, 0) is 13.8 Å². The van der Waals surface area contributed by atoms with Gasteiger partial charge in [0.05, 0.1) is 11.9 Å². The number of hydrogen-bond acceptors (Lipinski definition) is 4. The Balaban J connectivity index is 2.43. The maximum absolute atomic E-state index is 10.7. The second kappa shape index (κ2) is 5.42. The number of primary sulfonamides is 1. The Morgan fingerprint density at radius 1 is 1.62 bits per heavy atom. The first-order valence-corrected chi connectivity index (χ1v) is 6.90. The van der Waals surface area contributed by atoms with Gasteiger partial charge < -0.3 is 5.32 Å². The van der Waals surface area contributed by atoms with Crippen molar-refractivity contribution in [3.05, 3.63) is 18.0 Å². The largest absolute Gasteiger partial charge is 0.309 e. The molecule has 92 valence electrons. The predicted octanol–water partition coefficient (Wildman–Crippen LogP) is -0.158. The first-order chi connectivity index (χ1) is 7.42. The van der Waals surface area contributed by atoms with E-state index in [0.29, 0.717) is 6.54 Å². The van der Waals surface area contributed by atoms with Gasteiger partial charge in [-0.1, -0.05) is 0 Å². The first-order valence-electron chi connectivity index (χ1n) is 5.18. The van der Waals surface area contributed by atoms with Gasteiger partial charge in [-0.15, -0.1) is 0 Å². The highest BCUT2D eigenvalue weighted by Crippen LogP contribution is 2.10. The summed E-state index contributed by atoms with van der Waals surface area (Å²) in [6, 6.07) is 0.0713. The Labute approximate surface area is 95.9 Å². The quantitative estimate of drug-likeness (QED) is 0.730. The van der Waals surface area contributed by atoms with Crippen molar-refractivity contribution in [1.82, 2.24) is 15.1 Å². The SMILES string of the molecule is CCn1cc(C(C)NCCS(N)(=O)=O)cn1. The van der Waals surface area contributed by atoms with E-state index in [-0.39, 0.29) is 11.8 Å². The average molecular weight is 246 g/mol. The Bertz CT molecular complexity index is 426. The minimum Gasteiger partial charge on any atom is -0.309 e. The molecule has 0 saturated carbocycles. The van der Waals surface area contributed by atoms with E-state index in [4.69, 9.17) is 5.14 Å². The Morgan fingerprint density at radius 3 is 2.81 bits per heavy atom. The van der Waals surface area contributed by atoms with E-state index in [1.54, 1.807) is 6.20 Å². The van der Waals surface area contributed by atoms with Crippen LogP contribution in [0.3, 0.4) is 0 Å². The van der Waals surface area contributed by atoms with Crippen molar-refractivity contribution in [3.63, 3.8) is 0 Å². The molecule has 0 bridgehead atoms. The number of hydrogen-bond donors (Lipinski definition) is 2. The molecule has 1 rings (SSSR count). The van der Waals surface area contributed by atoms with Crippen molar-refractivity contribution in [2.45, 2.75) is 26.4 Å². The van der Waals surface area contributed by atoms with E-state index >= 15 is 0 Å². The molecule has 0 aliphatic rings. The summed E-state index contributed by atoms with van der Waals surface area (Å²) in [5, 5.41) is 12.1.